The first-order valence-electron chi connectivity index (χ1n) is 6.67. The number of rotatable bonds is 3. The summed E-state index contributed by atoms with van der Waals surface area (Å²) >= 11 is 0. The first-order valence-corrected chi connectivity index (χ1v) is 6.67. The summed E-state index contributed by atoms with van der Waals surface area (Å²) in [6, 6.07) is 0.313. The fourth-order valence-electron chi connectivity index (χ4n) is 1.86. The number of nitrogens with zero attached hydrogens (tertiary/aromatic N) is 3. The van der Waals surface area contributed by atoms with E-state index in [4.69, 9.17) is 14.1 Å². The Morgan fingerprint density at radius 3 is 2.15 bits per heavy atom. The molecule has 0 spiro atoms. The van der Waals surface area contributed by atoms with Gasteiger partial charge >= 0.3 is 13.1 Å². The monoisotopic (exact) mass is 279 g/mol. The molecule has 6 nitrogen and oxygen atoms in total. The molecule has 0 aromatic carbocycles. The van der Waals surface area contributed by atoms with Crippen molar-refractivity contribution in [1.82, 2.24) is 15.0 Å². The summed E-state index contributed by atoms with van der Waals surface area (Å²) in [4.78, 5) is 13.8. The summed E-state index contributed by atoms with van der Waals surface area (Å²) < 4.78 is 12.0. The van der Waals surface area contributed by atoms with E-state index in [0.717, 1.165) is 11.2 Å². The minimum Gasteiger partial charge on any atom is -0.399 e. The Hall–Kier alpha value is -1.18. The van der Waals surface area contributed by atoms with Crippen molar-refractivity contribution < 1.29 is 14.1 Å². The number of aryl methyl sites for hydroxylation is 1. The molecule has 0 amide bonds. The highest BCUT2D eigenvalue weighted by Crippen LogP contribution is 2.36. The minimum absolute atomic E-state index is 0.313. The number of hydrogen-bond acceptors (Lipinski definition) is 6. The fraction of sp³-hybridized carbons (Fsp3) is 0.692. The van der Waals surface area contributed by atoms with Crippen LogP contribution in [0.5, 0.6) is 6.01 Å². The van der Waals surface area contributed by atoms with Gasteiger partial charge < -0.3 is 14.1 Å². The molecule has 1 aromatic heterocycles. The van der Waals surface area contributed by atoms with Gasteiger partial charge in [-0.2, -0.15) is 4.98 Å². The number of hydrogen-bond donors (Lipinski definition) is 0. The van der Waals surface area contributed by atoms with E-state index in [2.05, 4.69) is 9.97 Å². The number of aromatic nitrogens is 2. The molecule has 20 heavy (non-hydrogen) atoms. The minimum atomic E-state index is -0.451. The first-order chi connectivity index (χ1) is 9.12. The van der Waals surface area contributed by atoms with Crippen LogP contribution in [0, 0.1) is 6.92 Å². The van der Waals surface area contributed by atoms with E-state index in [1.807, 2.05) is 34.6 Å². The van der Waals surface area contributed by atoms with E-state index in [1.54, 1.807) is 25.4 Å². The van der Waals surface area contributed by atoms with Crippen LogP contribution in [-0.4, -0.2) is 47.4 Å². The van der Waals surface area contributed by atoms with Crippen LogP contribution in [0.15, 0.2) is 6.20 Å². The predicted octanol–water partition coefficient (Wildman–Crippen LogP) is 0.940. The van der Waals surface area contributed by atoms with Crippen molar-refractivity contribution in [2.24, 2.45) is 0 Å². The fourth-order valence-corrected chi connectivity index (χ4v) is 1.86. The predicted molar refractivity (Wildman–Crippen MR) is 76.8 cm³/mol. The van der Waals surface area contributed by atoms with Crippen LogP contribution < -0.4 is 10.3 Å². The molecule has 0 N–H and O–H groups in total. The highest BCUT2D eigenvalue weighted by molar-refractivity contribution is 6.62. The normalized spacial score (nSPS) is 20.5. The molecular weight excluding hydrogens is 257 g/mol. The summed E-state index contributed by atoms with van der Waals surface area (Å²) in [5, 5.41) is 1.54. The van der Waals surface area contributed by atoms with Crippen LogP contribution >= 0.6 is 0 Å². The average Bonchev–Trinajstić information content (AvgIpc) is 2.46. The Morgan fingerprint density at radius 2 is 1.70 bits per heavy atom. The third-order valence-electron chi connectivity index (χ3n) is 3.77. The summed E-state index contributed by atoms with van der Waals surface area (Å²) in [5.74, 6) is 0. The Morgan fingerprint density at radius 1 is 1.15 bits per heavy atom. The lowest BCUT2D eigenvalue weighted by Crippen LogP contribution is -2.41. The maximum Gasteiger partial charge on any atom is 0.498 e. The molecule has 0 unspecified atom stereocenters. The first kappa shape index (κ1) is 15.2. The van der Waals surface area contributed by atoms with Crippen LogP contribution in [0.2, 0.25) is 0 Å². The van der Waals surface area contributed by atoms with Crippen LogP contribution in [0.1, 0.15) is 33.4 Å². The van der Waals surface area contributed by atoms with E-state index < -0.39 is 7.12 Å². The van der Waals surface area contributed by atoms with Gasteiger partial charge in [-0.1, -0.05) is 0 Å². The van der Waals surface area contributed by atoms with Crippen LogP contribution in [0.4, 0.5) is 0 Å². The summed E-state index contributed by atoms with van der Waals surface area (Å²) in [6.45, 7) is 9.98. The van der Waals surface area contributed by atoms with Crippen molar-refractivity contribution in [3.63, 3.8) is 0 Å². The molecule has 2 heterocycles. The third-order valence-corrected chi connectivity index (χ3v) is 3.77. The van der Waals surface area contributed by atoms with E-state index in [0.29, 0.717) is 6.01 Å². The maximum absolute atomic E-state index is 6.00. The van der Waals surface area contributed by atoms with Crippen molar-refractivity contribution in [3.8, 4) is 6.01 Å². The highest BCUT2D eigenvalue weighted by atomic mass is 16.7. The zero-order valence-corrected chi connectivity index (χ0v) is 13.2. The van der Waals surface area contributed by atoms with Crippen molar-refractivity contribution in [2.75, 3.05) is 14.1 Å². The van der Waals surface area contributed by atoms with Crippen LogP contribution in [0.3, 0.4) is 0 Å². The Bertz CT molecular complexity index is 490. The molecule has 0 radical (unpaired) electrons. The molecule has 0 bridgehead atoms. The molecule has 1 saturated heterocycles. The second kappa shape index (κ2) is 4.98. The van der Waals surface area contributed by atoms with Gasteiger partial charge in [0.15, 0.2) is 0 Å². The van der Waals surface area contributed by atoms with Gasteiger partial charge in [0, 0.05) is 31.4 Å². The Balaban J connectivity index is 2.23. The van der Waals surface area contributed by atoms with E-state index >= 15 is 0 Å². The molecule has 110 valence electrons. The SMILES string of the molecule is Cc1nc(ON(C)C)ncc1B1OC(C)(C)C(C)(C)O1. The van der Waals surface area contributed by atoms with Crippen molar-refractivity contribution >= 4 is 12.6 Å². The molecular formula is C13H22BN3O3. The van der Waals surface area contributed by atoms with Gasteiger partial charge in [0.05, 0.1) is 11.2 Å². The molecule has 0 aliphatic carbocycles. The Labute approximate surface area is 120 Å². The summed E-state index contributed by atoms with van der Waals surface area (Å²) in [5.41, 5.74) is 0.872. The van der Waals surface area contributed by atoms with E-state index in [9.17, 15) is 0 Å². The Kier molecular flexibility index (Phi) is 3.79. The van der Waals surface area contributed by atoms with Crippen LogP contribution in [0.25, 0.3) is 0 Å². The smallest absolute Gasteiger partial charge is 0.399 e. The number of hydroxylamine groups is 2. The van der Waals surface area contributed by atoms with Gasteiger partial charge in [0.25, 0.3) is 0 Å². The standard InChI is InChI=1S/C13H22BN3O3/c1-9-10(8-15-11(16-9)18-17(6)7)14-19-12(2,3)13(4,5)20-14/h8H,1-7H3. The van der Waals surface area contributed by atoms with Gasteiger partial charge in [-0.25, -0.2) is 4.98 Å². The zero-order valence-electron chi connectivity index (χ0n) is 13.2. The topological polar surface area (TPSA) is 56.7 Å². The van der Waals surface area contributed by atoms with Gasteiger partial charge in [-0.05, 0) is 34.6 Å². The van der Waals surface area contributed by atoms with Gasteiger partial charge in [0.1, 0.15) is 0 Å². The van der Waals surface area contributed by atoms with E-state index in [1.165, 1.54) is 0 Å². The lowest BCUT2D eigenvalue weighted by molar-refractivity contribution is -0.0139. The second-order valence-electron chi connectivity index (χ2n) is 6.19. The van der Waals surface area contributed by atoms with Crippen molar-refractivity contribution in [2.45, 2.75) is 45.8 Å². The summed E-state index contributed by atoms with van der Waals surface area (Å²) in [6.07, 6.45) is 1.70. The maximum atomic E-state index is 6.00. The van der Waals surface area contributed by atoms with Gasteiger partial charge in [-0.15, -0.1) is 5.06 Å². The molecule has 7 heteroatoms. The molecule has 1 aliphatic heterocycles. The largest absolute Gasteiger partial charge is 0.498 e. The molecule has 1 aromatic rings. The van der Waals surface area contributed by atoms with Crippen molar-refractivity contribution in [3.05, 3.63) is 11.9 Å². The molecule has 0 saturated carbocycles. The van der Waals surface area contributed by atoms with Crippen LogP contribution in [-0.2, 0) is 9.31 Å². The quantitative estimate of drug-likeness (QED) is 0.606. The summed E-state index contributed by atoms with van der Waals surface area (Å²) in [7, 11) is 3.11. The third kappa shape index (κ3) is 2.80. The van der Waals surface area contributed by atoms with E-state index in [-0.39, 0.29) is 11.2 Å². The van der Waals surface area contributed by atoms with Crippen molar-refractivity contribution in [1.29, 1.82) is 0 Å². The van der Waals surface area contributed by atoms with Gasteiger partial charge in [0.2, 0.25) is 0 Å². The average molecular weight is 279 g/mol. The molecule has 0 atom stereocenters. The second-order valence-corrected chi connectivity index (χ2v) is 6.19. The highest BCUT2D eigenvalue weighted by Gasteiger charge is 2.52. The van der Waals surface area contributed by atoms with Gasteiger partial charge in [-0.3, -0.25) is 0 Å². The molecule has 1 fully saturated rings. The molecule has 2 rings (SSSR count). The lowest BCUT2D eigenvalue weighted by Gasteiger charge is -2.32. The zero-order chi connectivity index (χ0) is 15.1. The lowest BCUT2D eigenvalue weighted by atomic mass is 9.79. The molecule has 1 aliphatic rings.